The normalized spacial score (nSPS) is 18.0. The zero-order valence-corrected chi connectivity index (χ0v) is 14.1. The van der Waals surface area contributed by atoms with Gasteiger partial charge in [0, 0.05) is 32.7 Å². The lowest BCUT2D eigenvalue weighted by molar-refractivity contribution is 0.0979. The number of piperazine rings is 1. The number of sulfonamides is 1. The summed E-state index contributed by atoms with van der Waals surface area (Å²) in [5.74, 6) is -0.776. The van der Waals surface area contributed by atoms with Crippen molar-refractivity contribution in [3.8, 4) is 0 Å². The average Bonchev–Trinajstić information content (AvgIpc) is 2.46. The largest absolute Gasteiger partial charge is 0.366 e. The fourth-order valence-electron chi connectivity index (χ4n) is 2.69. The summed E-state index contributed by atoms with van der Waals surface area (Å²) in [5, 5.41) is 0. The van der Waals surface area contributed by atoms with Crippen LogP contribution in [0.2, 0.25) is 0 Å². The van der Waals surface area contributed by atoms with Gasteiger partial charge in [-0.25, -0.2) is 12.8 Å². The number of hydrogen-bond donors (Lipinski definition) is 1. The van der Waals surface area contributed by atoms with E-state index in [-0.39, 0.29) is 30.1 Å². The number of hydrogen-bond acceptors (Lipinski definition) is 4. The van der Waals surface area contributed by atoms with Crippen LogP contribution in [0.5, 0.6) is 0 Å². The van der Waals surface area contributed by atoms with Gasteiger partial charge in [-0.15, -0.1) is 0 Å². The average molecular weight is 343 g/mol. The Hall–Kier alpha value is -1.51. The van der Waals surface area contributed by atoms with Crippen molar-refractivity contribution in [2.45, 2.75) is 24.4 Å². The highest BCUT2D eigenvalue weighted by Crippen LogP contribution is 2.22. The van der Waals surface area contributed by atoms with Gasteiger partial charge in [-0.1, -0.05) is 12.1 Å². The van der Waals surface area contributed by atoms with Crippen molar-refractivity contribution in [1.82, 2.24) is 9.21 Å². The second-order valence-electron chi connectivity index (χ2n) is 6.26. The Morgan fingerprint density at radius 3 is 2.30 bits per heavy atom. The van der Waals surface area contributed by atoms with Crippen molar-refractivity contribution in [3.63, 3.8) is 0 Å². The van der Waals surface area contributed by atoms with Gasteiger partial charge in [-0.2, -0.15) is 4.31 Å². The number of rotatable bonds is 5. The predicted octanol–water partition coefficient (Wildman–Crippen LogP) is 0.840. The monoisotopic (exact) mass is 343 g/mol. The Balaban J connectivity index is 2.16. The molecule has 0 spiro atoms. The predicted molar refractivity (Wildman–Crippen MR) is 85.3 cm³/mol. The maximum absolute atomic E-state index is 13.7. The van der Waals surface area contributed by atoms with Crippen molar-refractivity contribution in [1.29, 1.82) is 0 Å². The quantitative estimate of drug-likeness (QED) is 0.859. The van der Waals surface area contributed by atoms with Crippen LogP contribution in [-0.2, 0) is 10.0 Å². The Morgan fingerprint density at radius 1 is 1.22 bits per heavy atom. The Bertz CT molecular complexity index is 677. The van der Waals surface area contributed by atoms with Crippen LogP contribution in [0.1, 0.15) is 24.2 Å². The molecule has 0 unspecified atom stereocenters. The number of amides is 1. The molecule has 0 aromatic heterocycles. The Kier molecular flexibility index (Phi) is 5.07. The fraction of sp³-hybridized carbons (Fsp3) is 0.533. The molecule has 0 saturated carbocycles. The molecule has 1 fully saturated rings. The van der Waals surface area contributed by atoms with Gasteiger partial charge in [-0.05, 0) is 26.0 Å². The molecule has 1 saturated heterocycles. The molecule has 8 heteroatoms. The third-order valence-electron chi connectivity index (χ3n) is 3.70. The van der Waals surface area contributed by atoms with E-state index in [2.05, 4.69) is 0 Å². The summed E-state index contributed by atoms with van der Waals surface area (Å²) < 4.78 is 40.5. The van der Waals surface area contributed by atoms with Crippen molar-refractivity contribution in [2.24, 2.45) is 5.73 Å². The summed E-state index contributed by atoms with van der Waals surface area (Å²) in [6.45, 7) is 4.67. The van der Waals surface area contributed by atoms with E-state index in [1.54, 1.807) is 12.1 Å². The topological polar surface area (TPSA) is 83.7 Å². The molecule has 0 aliphatic carbocycles. The van der Waals surface area contributed by atoms with Gasteiger partial charge in [0.15, 0.2) is 0 Å². The van der Waals surface area contributed by atoms with Crippen LogP contribution in [0.4, 0.5) is 4.39 Å². The minimum Gasteiger partial charge on any atom is -0.366 e. The van der Waals surface area contributed by atoms with Gasteiger partial charge >= 0.3 is 0 Å². The molecular weight excluding hydrogens is 321 g/mol. The van der Waals surface area contributed by atoms with Crippen LogP contribution in [0.15, 0.2) is 29.2 Å². The lowest BCUT2D eigenvalue weighted by Crippen LogP contribution is -2.51. The van der Waals surface area contributed by atoms with E-state index in [4.69, 9.17) is 5.73 Å². The van der Waals surface area contributed by atoms with Crippen molar-refractivity contribution < 1.29 is 17.6 Å². The highest BCUT2D eigenvalue weighted by atomic mass is 32.2. The van der Waals surface area contributed by atoms with Crippen LogP contribution in [0.3, 0.4) is 0 Å². The Morgan fingerprint density at radius 2 is 1.78 bits per heavy atom. The van der Waals surface area contributed by atoms with Gasteiger partial charge in [0.1, 0.15) is 5.67 Å². The second kappa shape index (κ2) is 6.54. The maximum Gasteiger partial charge on any atom is 0.250 e. The fourth-order valence-corrected chi connectivity index (χ4v) is 4.31. The molecule has 1 aromatic rings. The Labute approximate surface area is 136 Å². The summed E-state index contributed by atoms with van der Waals surface area (Å²) in [4.78, 5) is 13.3. The highest BCUT2D eigenvalue weighted by Gasteiger charge is 2.32. The third kappa shape index (κ3) is 4.27. The molecule has 0 radical (unpaired) electrons. The molecule has 0 bridgehead atoms. The van der Waals surface area contributed by atoms with Crippen LogP contribution in [-0.4, -0.2) is 61.9 Å². The molecule has 128 valence electrons. The van der Waals surface area contributed by atoms with Crippen LogP contribution in [0.25, 0.3) is 0 Å². The van der Waals surface area contributed by atoms with E-state index in [1.165, 1.54) is 30.3 Å². The number of benzene rings is 1. The summed E-state index contributed by atoms with van der Waals surface area (Å²) in [6.07, 6.45) is 0. The van der Waals surface area contributed by atoms with E-state index in [9.17, 15) is 17.6 Å². The molecule has 6 nitrogen and oxygen atoms in total. The molecule has 1 aliphatic heterocycles. The number of alkyl halides is 1. The molecule has 2 N–H and O–H groups in total. The number of halogens is 1. The molecule has 1 aromatic carbocycles. The van der Waals surface area contributed by atoms with Gasteiger partial charge in [0.2, 0.25) is 15.9 Å². The number of carbonyl (C=O) groups is 1. The zero-order chi connectivity index (χ0) is 17.3. The zero-order valence-electron chi connectivity index (χ0n) is 13.3. The summed E-state index contributed by atoms with van der Waals surface area (Å²) in [5.41, 5.74) is 3.93. The molecule has 23 heavy (non-hydrogen) atoms. The van der Waals surface area contributed by atoms with E-state index >= 15 is 0 Å². The van der Waals surface area contributed by atoms with Crippen molar-refractivity contribution in [2.75, 3.05) is 32.7 Å². The first-order chi connectivity index (χ1) is 10.6. The lowest BCUT2D eigenvalue weighted by atomic mass is 10.1. The molecule has 0 atom stereocenters. The van der Waals surface area contributed by atoms with Crippen LogP contribution >= 0.6 is 0 Å². The first kappa shape index (κ1) is 17.8. The second-order valence-corrected chi connectivity index (χ2v) is 8.17. The lowest BCUT2D eigenvalue weighted by Gasteiger charge is -2.36. The van der Waals surface area contributed by atoms with Crippen LogP contribution < -0.4 is 5.73 Å². The van der Waals surface area contributed by atoms with Gasteiger partial charge in [0.25, 0.3) is 0 Å². The maximum atomic E-state index is 13.7. The number of nitrogens with zero attached hydrogens (tertiary/aromatic N) is 2. The standard InChI is InChI=1S/C15H22FN3O3S/c1-15(2,16)11-18-7-9-19(10-8-18)23(21,22)13-6-4-3-5-12(13)14(17)20/h3-6H,7-11H2,1-2H3,(H2,17,20). The van der Waals surface area contributed by atoms with Crippen molar-refractivity contribution in [3.05, 3.63) is 29.8 Å². The number of primary amides is 1. The van der Waals surface area contributed by atoms with E-state index < -0.39 is 21.6 Å². The number of carbonyl (C=O) groups excluding carboxylic acids is 1. The smallest absolute Gasteiger partial charge is 0.250 e. The van der Waals surface area contributed by atoms with Crippen LogP contribution in [0, 0.1) is 0 Å². The molecule has 1 amide bonds. The first-order valence-electron chi connectivity index (χ1n) is 7.41. The van der Waals surface area contributed by atoms with E-state index in [0.717, 1.165) is 0 Å². The summed E-state index contributed by atoms with van der Waals surface area (Å²) in [6, 6.07) is 5.91. The molecule has 2 rings (SSSR count). The minimum absolute atomic E-state index is 0.0141. The van der Waals surface area contributed by atoms with E-state index in [1.807, 2.05) is 4.90 Å². The SMILES string of the molecule is CC(C)(F)CN1CCN(S(=O)(=O)c2ccccc2C(N)=O)CC1. The van der Waals surface area contributed by atoms with Gasteiger partial charge < -0.3 is 5.73 Å². The van der Waals surface area contributed by atoms with Gasteiger partial charge in [-0.3, -0.25) is 9.69 Å². The molecule has 1 heterocycles. The number of nitrogens with two attached hydrogens (primary N) is 1. The summed E-state index contributed by atoms with van der Waals surface area (Å²) in [7, 11) is -3.79. The minimum atomic E-state index is -3.79. The van der Waals surface area contributed by atoms with E-state index in [0.29, 0.717) is 13.1 Å². The molecular formula is C15H22FN3O3S. The summed E-state index contributed by atoms with van der Waals surface area (Å²) >= 11 is 0. The van der Waals surface area contributed by atoms with Crippen molar-refractivity contribution >= 4 is 15.9 Å². The highest BCUT2D eigenvalue weighted by molar-refractivity contribution is 7.89. The molecule has 1 aliphatic rings. The van der Waals surface area contributed by atoms with Gasteiger partial charge in [0.05, 0.1) is 10.5 Å². The third-order valence-corrected chi connectivity index (χ3v) is 5.66. The first-order valence-corrected chi connectivity index (χ1v) is 8.85.